The molecule has 10 nitrogen and oxygen atoms in total. The van der Waals surface area contributed by atoms with Gasteiger partial charge in [0.25, 0.3) is 17.7 Å². The van der Waals surface area contributed by atoms with Gasteiger partial charge in [-0.25, -0.2) is 4.90 Å². The average Bonchev–Trinajstić information content (AvgIpc) is 3.55. The number of nitrogens with one attached hydrogen (secondary N) is 1. The summed E-state index contributed by atoms with van der Waals surface area (Å²) in [5.41, 5.74) is 3.53. The molecule has 0 saturated carbocycles. The van der Waals surface area contributed by atoms with Crippen LogP contribution in [0.15, 0.2) is 78.7 Å². The standard InChI is InChI=1S/C36H34ClN3O7/c1-4-46-36-26(9-7-15-41)27(29-19-39(21(3)42)31-10-6-5-8-24(29)31)18-32(47-36)33(43)38-23-12-14-30(20(2)16-23)40-34(44)25-13-11-22(37)17-28(25)35(40)45/h5-6,8,10-14,16-19,26-27,36,41H,4,7,9,15H2,1-3H3,(H,38,43). The lowest BCUT2D eigenvalue weighted by Gasteiger charge is -2.36. The summed E-state index contributed by atoms with van der Waals surface area (Å²) < 4.78 is 13.8. The summed E-state index contributed by atoms with van der Waals surface area (Å²) in [6.07, 6.45) is 3.83. The zero-order chi connectivity index (χ0) is 33.4. The lowest BCUT2D eigenvalue weighted by atomic mass is 9.80. The molecule has 3 unspecified atom stereocenters. The van der Waals surface area contributed by atoms with Crippen LogP contribution in [0.25, 0.3) is 10.9 Å². The van der Waals surface area contributed by atoms with Crippen molar-refractivity contribution in [2.24, 2.45) is 5.92 Å². The van der Waals surface area contributed by atoms with Crippen LogP contribution in [0.2, 0.25) is 5.02 Å². The molecular weight excluding hydrogens is 622 g/mol. The van der Waals surface area contributed by atoms with Gasteiger partial charge in [0, 0.05) is 54.3 Å². The van der Waals surface area contributed by atoms with Gasteiger partial charge in [-0.2, -0.15) is 0 Å². The Morgan fingerprint density at radius 3 is 2.53 bits per heavy atom. The van der Waals surface area contributed by atoms with E-state index in [2.05, 4.69) is 5.32 Å². The van der Waals surface area contributed by atoms with Crippen molar-refractivity contribution in [3.8, 4) is 0 Å². The van der Waals surface area contributed by atoms with Crippen molar-refractivity contribution in [2.75, 3.05) is 23.4 Å². The van der Waals surface area contributed by atoms with Gasteiger partial charge in [-0.3, -0.25) is 23.7 Å². The molecule has 2 N–H and O–H groups in total. The fourth-order valence-corrected chi connectivity index (χ4v) is 6.63. The summed E-state index contributed by atoms with van der Waals surface area (Å²) in [4.78, 5) is 53.6. The number of imide groups is 1. The molecule has 3 aromatic carbocycles. The van der Waals surface area contributed by atoms with Gasteiger partial charge in [0.2, 0.25) is 12.2 Å². The number of halogens is 1. The van der Waals surface area contributed by atoms with Gasteiger partial charge < -0.3 is 19.9 Å². The topological polar surface area (TPSA) is 127 Å². The zero-order valence-corrected chi connectivity index (χ0v) is 26.9. The highest BCUT2D eigenvalue weighted by Gasteiger charge is 2.40. The number of aliphatic hydroxyl groups is 1. The van der Waals surface area contributed by atoms with E-state index in [9.17, 15) is 24.3 Å². The van der Waals surface area contributed by atoms with Crippen LogP contribution in [0.5, 0.6) is 0 Å². The lowest BCUT2D eigenvalue weighted by Crippen LogP contribution is -2.37. The zero-order valence-electron chi connectivity index (χ0n) is 26.2. The fraction of sp³-hybridized carbons (Fsp3) is 0.278. The summed E-state index contributed by atoms with van der Waals surface area (Å²) >= 11 is 6.06. The third-order valence-corrected chi connectivity index (χ3v) is 8.86. The minimum absolute atomic E-state index is 0.0157. The molecule has 3 atom stereocenters. The van der Waals surface area contributed by atoms with Crippen LogP contribution in [0, 0.1) is 12.8 Å². The molecular formula is C36H34ClN3O7. The van der Waals surface area contributed by atoms with Gasteiger partial charge in [-0.1, -0.05) is 29.8 Å². The number of fused-ring (bicyclic) bond motifs is 2. The summed E-state index contributed by atoms with van der Waals surface area (Å²) in [5.74, 6) is -2.14. The number of aromatic nitrogens is 1. The minimum Gasteiger partial charge on any atom is -0.459 e. The molecule has 0 radical (unpaired) electrons. The van der Waals surface area contributed by atoms with E-state index in [1.54, 1.807) is 48.0 Å². The molecule has 47 heavy (non-hydrogen) atoms. The molecule has 0 aliphatic carbocycles. The van der Waals surface area contributed by atoms with Crippen molar-refractivity contribution in [3.05, 3.63) is 106 Å². The van der Waals surface area contributed by atoms with E-state index in [-0.39, 0.29) is 41.2 Å². The number of nitrogens with zero attached hydrogens (tertiary/aromatic N) is 2. The molecule has 6 rings (SSSR count). The van der Waals surface area contributed by atoms with Gasteiger partial charge in [-0.05, 0) is 86.4 Å². The second kappa shape index (κ2) is 13.2. The second-order valence-electron chi connectivity index (χ2n) is 11.6. The quantitative estimate of drug-likeness (QED) is 0.198. The Bertz CT molecular complexity index is 1950. The van der Waals surface area contributed by atoms with Crippen molar-refractivity contribution in [2.45, 2.75) is 45.8 Å². The molecule has 3 amide bonds. The van der Waals surface area contributed by atoms with E-state index < -0.39 is 24.0 Å². The number of aliphatic hydroxyl groups excluding tert-OH is 1. The number of hydrogen-bond acceptors (Lipinski definition) is 7. The van der Waals surface area contributed by atoms with E-state index >= 15 is 0 Å². The molecule has 0 saturated heterocycles. The summed E-state index contributed by atoms with van der Waals surface area (Å²) in [6.45, 7) is 5.41. The Morgan fingerprint density at radius 1 is 1.04 bits per heavy atom. The first kappa shape index (κ1) is 32.2. The smallest absolute Gasteiger partial charge is 0.290 e. The number of ether oxygens (including phenoxy) is 2. The Hall–Kier alpha value is -4.77. The minimum atomic E-state index is -0.784. The molecule has 4 aromatic rings. The Labute approximate surface area is 276 Å². The van der Waals surface area contributed by atoms with Gasteiger partial charge in [-0.15, -0.1) is 0 Å². The van der Waals surface area contributed by atoms with Gasteiger partial charge in [0.15, 0.2) is 5.76 Å². The average molecular weight is 656 g/mol. The number of amides is 3. The summed E-state index contributed by atoms with van der Waals surface area (Å²) in [5, 5.41) is 13.8. The molecule has 2 aliphatic rings. The SMILES string of the molecule is CCOC1OC(C(=O)Nc2ccc(N3C(=O)c4ccc(Cl)cc4C3=O)c(C)c2)=CC(c2cn(C(C)=O)c3ccccc23)C1CCCO. The first-order valence-corrected chi connectivity index (χ1v) is 15.8. The Kier molecular flexibility index (Phi) is 9.01. The number of benzene rings is 3. The monoisotopic (exact) mass is 655 g/mol. The van der Waals surface area contributed by atoms with E-state index in [1.807, 2.05) is 31.2 Å². The molecule has 3 heterocycles. The van der Waals surface area contributed by atoms with Crippen LogP contribution in [-0.4, -0.2) is 52.8 Å². The summed E-state index contributed by atoms with van der Waals surface area (Å²) in [6, 6.07) is 17.1. The number of aryl methyl sites for hydroxylation is 1. The first-order chi connectivity index (χ1) is 22.6. The molecule has 2 aliphatic heterocycles. The third-order valence-electron chi connectivity index (χ3n) is 8.62. The predicted molar refractivity (Wildman–Crippen MR) is 178 cm³/mol. The number of hydrogen-bond donors (Lipinski definition) is 2. The van der Waals surface area contributed by atoms with E-state index in [1.165, 1.54) is 19.1 Å². The lowest BCUT2D eigenvalue weighted by molar-refractivity contribution is -0.164. The number of rotatable bonds is 9. The van der Waals surface area contributed by atoms with Crippen LogP contribution in [0.1, 0.15) is 69.2 Å². The predicted octanol–water partition coefficient (Wildman–Crippen LogP) is 6.45. The van der Waals surface area contributed by atoms with E-state index in [0.717, 1.165) is 21.4 Å². The molecule has 11 heteroatoms. The van der Waals surface area contributed by atoms with Crippen molar-refractivity contribution < 1.29 is 33.8 Å². The second-order valence-corrected chi connectivity index (χ2v) is 12.0. The number of carbonyl (C=O) groups excluding carboxylic acids is 4. The normalized spacial score (nSPS) is 19.0. The third kappa shape index (κ3) is 5.95. The van der Waals surface area contributed by atoms with Crippen LogP contribution in [0.3, 0.4) is 0 Å². The molecule has 0 spiro atoms. The highest BCUT2D eigenvalue weighted by atomic mass is 35.5. The molecule has 1 aromatic heterocycles. The van der Waals surface area contributed by atoms with Gasteiger partial charge in [0.05, 0.1) is 22.3 Å². The maximum absolute atomic E-state index is 13.7. The number of carbonyl (C=O) groups is 4. The van der Waals surface area contributed by atoms with Gasteiger partial charge in [0.1, 0.15) is 0 Å². The van der Waals surface area contributed by atoms with Crippen molar-refractivity contribution in [1.82, 2.24) is 4.57 Å². The molecule has 242 valence electrons. The largest absolute Gasteiger partial charge is 0.459 e. The molecule has 0 fully saturated rings. The summed E-state index contributed by atoms with van der Waals surface area (Å²) in [7, 11) is 0. The van der Waals surface area contributed by atoms with E-state index in [4.69, 9.17) is 21.1 Å². The van der Waals surface area contributed by atoms with Crippen molar-refractivity contribution >= 4 is 57.5 Å². The Balaban J connectivity index is 1.32. The highest BCUT2D eigenvalue weighted by molar-refractivity contribution is 6.37. The highest BCUT2D eigenvalue weighted by Crippen LogP contribution is 2.43. The number of para-hydroxylation sites is 1. The maximum atomic E-state index is 13.7. The van der Waals surface area contributed by atoms with Gasteiger partial charge >= 0.3 is 0 Å². The van der Waals surface area contributed by atoms with Crippen LogP contribution in [0.4, 0.5) is 11.4 Å². The maximum Gasteiger partial charge on any atom is 0.290 e. The van der Waals surface area contributed by atoms with Crippen LogP contribution in [-0.2, 0) is 14.3 Å². The van der Waals surface area contributed by atoms with Crippen LogP contribution >= 0.6 is 11.6 Å². The molecule has 0 bridgehead atoms. The number of allylic oxidation sites excluding steroid dienone is 1. The Morgan fingerprint density at radius 2 is 1.81 bits per heavy atom. The van der Waals surface area contributed by atoms with Crippen LogP contribution < -0.4 is 10.2 Å². The number of anilines is 2. The fourth-order valence-electron chi connectivity index (χ4n) is 6.46. The van der Waals surface area contributed by atoms with Crippen molar-refractivity contribution in [1.29, 1.82) is 0 Å². The van der Waals surface area contributed by atoms with Crippen molar-refractivity contribution in [3.63, 3.8) is 0 Å². The first-order valence-electron chi connectivity index (χ1n) is 15.4. The van der Waals surface area contributed by atoms with E-state index in [0.29, 0.717) is 41.4 Å².